The summed E-state index contributed by atoms with van der Waals surface area (Å²) < 4.78 is 27.5. The average molecular weight is 381 g/mol. The molecule has 1 aliphatic rings. The maximum Gasteiger partial charge on any atom is 0.257 e. The molecule has 1 amide bonds. The Balaban J connectivity index is 1.61. The molecule has 138 valence electrons. The molecule has 0 radical (unpaired) electrons. The highest BCUT2D eigenvalue weighted by Crippen LogP contribution is 2.24. The van der Waals surface area contributed by atoms with E-state index in [0.717, 1.165) is 23.7 Å². The van der Waals surface area contributed by atoms with E-state index in [1.54, 1.807) is 19.1 Å². The highest BCUT2D eigenvalue weighted by Gasteiger charge is 2.28. The lowest BCUT2D eigenvalue weighted by Gasteiger charge is -2.11. The van der Waals surface area contributed by atoms with Crippen molar-refractivity contribution in [3.05, 3.63) is 65.7 Å². The van der Waals surface area contributed by atoms with E-state index >= 15 is 0 Å². The number of benzene rings is 2. The number of rotatable bonds is 5. The first-order valence-electron chi connectivity index (χ1n) is 8.72. The minimum absolute atomic E-state index is 0.00961. The largest absolute Gasteiger partial charge is 0.307 e. The van der Waals surface area contributed by atoms with Crippen molar-refractivity contribution >= 4 is 32.7 Å². The summed E-state index contributed by atoms with van der Waals surface area (Å²) >= 11 is 0. The van der Waals surface area contributed by atoms with Gasteiger partial charge in [0.25, 0.3) is 5.91 Å². The second-order valence-electron chi connectivity index (χ2n) is 6.72. The van der Waals surface area contributed by atoms with Gasteiger partial charge in [0.2, 0.25) is 10.0 Å². The molecule has 0 atom stereocenters. The van der Waals surface area contributed by atoms with E-state index in [9.17, 15) is 13.2 Å². The molecule has 0 spiro atoms. The van der Waals surface area contributed by atoms with Crippen molar-refractivity contribution in [1.82, 2.24) is 9.71 Å². The molecule has 0 unspecified atom stereocenters. The number of fused-ring (bicyclic) bond motifs is 1. The maximum absolute atomic E-state index is 12.7. The number of pyridine rings is 1. The van der Waals surface area contributed by atoms with Crippen molar-refractivity contribution in [1.29, 1.82) is 0 Å². The summed E-state index contributed by atoms with van der Waals surface area (Å²) in [6.45, 7) is 1.77. The van der Waals surface area contributed by atoms with E-state index in [0.29, 0.717) is 16.9 Å². The van der Waals surface area contributed by atoms with Crippen LogP contribution in [-0.2, 0) is 10.0 Å². The predicted molar refractivity (Wildman–Crippen MR) is 104 cm³/mol. The summed E-state index contributed by atoms with van der Waals surface area (Å²) in [4.78, 5) is 17.2. The van der Waals surface area contributed by atoms with Crippen molar-refractivity contribution in [3.8, 4) is 0 Å². The number of nitrogens with one attached hydrogen (secondary N) is 2. The van der Waals surface area contributed by atoms with Gasteiger partial charge in [-0.05, 0) is 55.7 Å². The smallest absolute Gasteiger partial charge is 0.257 e. The summed E-state index contributed by atoms with van der Waals surface area (Å²) in [7, 11) is -3.62. The summed E-state index contributed by atoms with van der Waals surface area (Å²) in [5.41, 5.74) is 1.78. The van der Waals surface area contributed by atoms with Crippen LogP contribution in [0.4, 0.5) is 5.82 Å². The van der Waals surface area contributed by atoms with Gasteiger partial charge in [-0.1, -0.05) is 24.3 Å². The molecule has 7 heteroatoms. The number of carbonyl (C=O) groups excluding carboxylic acids is 1. The summed E-state index contributed by atoms with van der Waals surface area (Å²) in [6.07, 6.45) is 1.71. The number of aromatic nitrogens is 1. The monoisotopic (exact) mass is 381 g/mol. The number of nitrogens with zero attached hydrogens (tertiary/aromatic N) is 1. The summed E-state index contributed by atoms with van der Waals surface area (Å²) in [5.74, 6) is 0.0289. The fourth-order valence-electron chi connectivity index (χ4n) is 2.82. The third kappa shape index (κ3) is 3.84. The molecular formula is C20H19N3O3S. The van der Waals surface area contributed by atoms with E-state index in [1.807, 2.05) is 30.3 Å². The van der Waals surface area contributed by atoms with E-state index in [4.69, 9.17) is 0 Å². The van der Waals surface area contributed by atoms with Crippen molar-refractivity contribution in [3.63, 3.8) is 0 Å². The second kappa shape index (κ2) is 6.75. The third-order valence-corrected chi connectivity index (χ3v) is 6.02. The van der Waals surface area contributed by atoms with Crippen LogP contribution in [0.5, 0.6) is 0 Å². The zero-order valence-electron chi connectivity index (χ0n) is 14.8. The lowest BCUT2D eigenvalue weighted by Crippen LogP contribution is -2.26. The number of aryl methyl sites for hydroxylation is 1. The molecule has 6 nitrogen and oxygen atoms in total. The molecule has 1 fully saturated rings. The lowest BCUT2D eigenvalue weighted by molar-refractivity contribution is 0.102. The topological polar surface area (TPSA) is 88.2 Å². The van der Waals surface area contributed by atoms with Gasteiger partial charge >= 0.3 is 0 Å². The van der Waals surface area contributed by atoms with Crippen LogP contribution in [0.25, 0.3) is 10.9 Å². The molecule has 0 bridgehead atoms. The summed E-state index contributed by atoms with van der Waals surface area (Å²) in [6, 6.07) is 15.8. The van der Waals surface area contributed by atoms with Crippen LogP contribution >= 0.6 is 0 Å². The molecule has 0 aliphatic heterocycles. The normalized spacial score (nSPS) is 14.3. The molecule has 1 aromatic heterocycles. The van der Waals surface area contributed by atoms with Crippen molar-refractivity contribution < 1.29 is 13.2 Å². The quantitative estimate of drug-likeness (QED) is 0.710. The zero-order chi connectivity index (χ0) is 19.0. The molecule has 0 saturated heterocycles. The summed E-state index contributed by atoms with van der Waals surface area (Å²) in [5, 5.41) is 3.74. The van der Waals surface area contributed by atoms with E-state index in [-0.39, 0.29) is 10.9 Å². The number of hydrogen-bond acceptors (Lipinski definition) is 4. The van der Waals surface area contributed by atoms with Gasteiger partial charge in [-0.2, -0.15) is 0 Å². The lowest BCUT2D eigenvalue weighted by atomic mass is 10.1. The van der Waals surface area contributed by atoms with Gasteiger partial charge in [-0.3, -0.25) is 4.79 Å². The Kier molecular flexibility index (Phi) is 4.41. The van der Waals surface area contributed by atoms with Crippen molar-refractivity contribution in [2.75, 3.05) is 5.32 Å². The van der Waals surface area contributed by atoms with Crippen LogP contribution in [-0.4, -0.2) is 25.4 Å². The first kappa shape index (κ1) is 17.6. The number of para-hydroxylation sites is 1. The predicted octanol–water partition coefficient (Wildman–Crippen LogP) is 3.24. The van der Waals surface area contributed by atoms with Gasteiger partial charge in [0.1, 0.15) is 5.82 Å². The van der Waals surface area contributed by atoms with Crippen LogP contribution in [0.1, 0.15) is 28.8 Å². The Morgan fingerprint density at radius 1 is 1.07 bits per heavy atom. The van der Waals surface area contributed by atoms with Gasteiger partial charge in [0, 0.05) is 17.0 Å². The van der Waals surface area contributed by atoms with Gasteiger partial charge in [0.15, 0.2) is 0 Å². The Morgan fingerprint density at radius 3 is 2.63 bits per heavy atom. The zero-order valence-corrected chi connectivity index (χ0v) is 15.6. The Bertz CT molecular complexity index is 1140. The SMILES string of the molecule is Cc1ccc(S(=O)(=O)NC2CC2)cc1C(=O)Nc1ccc2ccccc2n1. The Labute approximate surface area is 157 Å². The van der Waals surface area contributed by atoms with Gasteiger partial charge < -0.3 is 5.32 Å². The fraction of sp³-hybridized carbons (Fsp3) is 0.200. The molecule has 4 rings (SSSR count). The fourth-order valence-corrected chi connectivity index (χ4v) is 4.15. The number of anilines is 1. The highest BCUT2D eigenvalue weighted by molar-refractivity contribution is 7.89. The van der Waals surface area contributed by atoms with Gasteiger partial charge in [0.05, 0.1) is 10.4 Å². The van der Waals surface area contributed by atoms with Crippen molar-refractivity contribution in [2.24, 2.45) is 0 Å². The number of sulfonamides is 1. The first-order chi connectivity index (χ1) is 12.9. The highest BCUT2D eigenvalue weighted by atomic mass is 32.2. The number of carbonyl (C=O) groups is 1. The minimum atomic E-state index is -3.62. The molecule has 2 N–H and O–H groups in total. The first-order valence-corrected chi connectivity index (χ1v) is 10.2. The van der Waals surface area contributed by atoms with Gasteiger partial charge in [-0.25, -0.2) is 18.1 Å². The molecule has 1 aliphatic carbocycles. The third-order valence-electron chi connectivity index (χ3n) is 4.50. The average Bonchev–Trinajstić information content (AvgIpc) is 3.45. The molecule has 1 saturated carbocycles. The Morgan fingerprint density at radius 2 is 1.85 bits per heavy atom. The van der Waals surface area contributed by atoms with Crippen LogP contribution in [0, 0.1) is 6.92 Å². The molecule has 1 heterocycles. The van der Waals surface area contributed by atoms with E-state index in [2.05, 4.69) is 15.0 Å². The standard InChI is InChI=1S/C20H19N3O3S/c1-13-6-10-16(27(25,26)23-15-8-9-15)12-17(13)20(24)22-19-11-7-14-4-2-3-5-18(14)21-19/h2-7,10-12,15,23H,8-9H2,1H3,(H,21,22,24). The number of hydrogen-bond donors (Lipinski definition) is 2. The maximum atomic E-state index is 12.7. The van der Waals surface area contributed by atoms with E-state index in [1.165, 1.54) is 12.1 Å². The minimum Gasteiger partial charge on any atom is -0.307 e. The molecular weight excluding hydrogens is 362 g/mol. The van der Waals surface area contributed by atoms with Crippen molar-refractivity contribution in [2.45, 2.75) is 30.7 Å². The molecule has 27 heavy (non-hydrogen) atoms. The van der Waals surface area contributed by atoms with E-state index < -0.39 is 15.9 Å². The number of amides is 1. The van der Waals surface area contributed by atoms with Crippen LogP contribution in [0.3, 0.4) is 0 Å². The molecule has 2 aromatic carbocycles. The van der Waals surface area contributed by atoms with Gasteiger partial charge in [-0.15, -0.1) is 0 Å². The van der Waals surface area contributed by atoms with Crippen LogP contribution in [0.15, 0.2) is 59.5 Å². The Hall–Kier alpha value is -2.77. The molecule has 3 aromatic rings. The second-order valence-corrected chi connectivity index (χ2v) is 8.43. The van der Waals surface area contributed by atoms with Crippen LogP contribution < -0.4 is 10.0 Å². The van der Waals surface area contributed by atoms with Crippen LogP contribution in [0.2, 0.25) is 0 Å².